The molecule has 0 aliphatic carbocycles. The number of hydrogen-bond acceptors (Lipinski definition) is 4. The van der Waals surface area contributed by atoms with Crippen molar-refractivity contribution in [3.05, 3.63) is 40.6 Å². The van der Waals surface area contributed by atoms with Gasteiger partial charge in [-0.15, -0.1) is 5.10 Å². The first kappa shape index (κ1) is 15.0. The second-order valence-corrected chi connectivity index (χ2v) is 5.55. The van der Waals surface area contributed by atoms with Gasteiger partial charge in [0.15, 0.2) is 0 Å². The van der Waals surface area contributed by atoms with Crippen LogP contribution < -0.4 is 5.32 Å². The van der Waals surface area contributed by atoms with Gasteiger partial charge in [0.2, 0.25) is 0 Å². The van der Waals surface area contributed by atoms with E-state index in [1.165, 1.54) is 0 Å². The van der Waals surface area contributed by atoms with E-state index in [1.54, 1.807) is 12.3 Å². The minimum absolute atomic E-state index is 0.156. The van der Waals surface area contributed by atoms with Gasteiger partial charge in [-0.05, 0) is 37.6 Å². The van der Waals surface area contributed by atoms with Gasteiger partial charge in [0, 0.05) is 28.8 Å². The highest BCUT2D eigenvalue weighted by atomic mass is 79.9. The highest BCUT2D eigenvalue weighted by Gasteiger charge is 2.13. The highest BCUT2D eigenvalue weighted by Crippen LogP contribution is 2.29. The average Bonchev–Trinajstić information content (AvgIpc) is 2.95. The number of phenols is 1. The van der Waals surface area contributed by atoms with Crippen molar-refractivity contribution in [2.45, 2.75) is 32.4 Å². The number of nitrogens with one attached hydrogen (secondary N) is 1. The predicted octanol–water partition coefficient (Wildman–Crippen LogP) is 2.88. The van der Waals surface area contributed by atoms with Crippen LogP contribution in [0.4, 0.5) is 0 Å². The van der Waals surface area contributed by atoms with Crippen LogP contribution in [-0.2, 0) is 6.54 Å². The van der Waals surface area contributed by atoms with Gasteiger partial charge in [-0.2, -0.15) is 0 Å². The number of halogens is 1. The fourth-order valence-corrected chi connectivity index (χ4v) is 2.53. The number of hydrogen-bond donors (Lipinski definition) is 2. The molecule has 5 nitrogen and oxygen atoms in total. The van der Waals surface area contributed by atoms with Gasteiger partial charge >= 0.3 is 0 Å². The molecule has 6 heteroatoms. The zero-order chi connectivity index (χ0) is 14.4. The summed E-state index contributed by atoms with van der Waals surface area (Å²) < 4.78 is 2.80. The van der Waals surface area contributed by atoms with Crippen molar-refractivity contribution in [2.24, 2.45) is 0 Å². The van der Waals surface area contributed by atoms with Crippen LogP contribution in [0.2, 0.25) is 0 Å². The maximum absolute atomic E-state index is 9.96. The Morgan fingerprint density at radius 1 is 1.45 bits per heavy atom. The zero-order valence-electron chi connectivity index (χ0n) is 11.5. The smallest absolute Gasteiger partial charge is 0.120 e. The number of benzene rings is 1. The molecule has 1 aromatic carbocycles. The molecule has 2 aromatic rings. The molecular weight excluding hydrogens is 320 g/mol. The van der Waals surface area contributed by atoms with E-state index in [2.05, 4.69) is 38.5 Å². The summed E-state index contributed by atoms with van der Waals surface area (Å²) in [5.74, 6) is 0.337. The lowest BCUT2D eigenvalue weighted by molar-refractivity contribution is 0.433. The van der Waals surface area contributed by atoms with E-state index in [1.807, 2.05) is 23.0 Å². The Bertz CT molecular complexity index is 530. The molecular formula is C14H19BrN4O. The first-order chi connectivity index (χ1) is 9.70. The number of phenolic OH excluding ortho intramolecular Hbond substituents is 1. The topological polar surface area (TPSA) is 63.0 Å². The van der Waals surface area contributed by atoms with Gasteiger partial charge in [0.25, 0.3) is 0 Å². The maximum atomic E-state index is 9.96. The van der Waals surface area contributed by atoms with Crippen LogP contribution >= 0.6 is 15.9 Å². The molecule has 0 aliphatic rings. The summed E-state index contributed by atoms with van der Waals surface area (Å²) in [5, 5.41) is 21.1. The molecule has 1 aromatic heterocycles. The second-order valence-electron chi connectivity index (χ2n) is 4.64. The van der Waals surface area contributed by atoms with Crippen LogP contribution in [0, 0.1) is 0 Å². The first-order valence-electron chi connectivity index (χ1n) is 6.76. The molecule has 0 saturated carbocycles. The van der Waals surface area contributed by atoms with Gasteiger partial charge in [-0.3, -0.25) is 4.68 Å². The Kier molecular flexibility index (Phi) is 5.55. The monoisotopic (exact) mass is 338 g/mol. The minimum Gasteiger partial charge on any atom is -0.508 e. The fraction of sp³-hybridized carbons (Fsp3) is 0.429. The Labute approximate surface area is 127 Å². The third-order valence-electron chi connectivity index (χ3n) is 3.20. The number of aromatic hydroxyl groups is 1. The van der Waals surface area contributed by atoms with Crippen LogP contribution in [0.5, 0.6) is 5.75 Å². The third kappa shape index (κ3) is 4.05. The SMILES string of the molecule is CCC(NCCCn1ccnn1)c1cc(Br)ccc1O. The zero-order valence-corrected chi connectivity index (χ0v) is 13.0. The molecule has 1 atom stereocenters. The number of aromatic nitrogens is 3. The van der Waals surface area contributed by atoms with Gasteiger partial charge in [0.1, 0.15) is 5.75 Å². The van der Waals surface area contributed by atoms with Gasteiger partial charge < -0.3 is 10.4 Å². The summed E-state index contributed by atoms with van der Waals surface area (Å²) in [7, 11) is 0. The number of nitrogens with zero attached hydrogens (tertiary/aromatic N) is 3. The molecule has 2 N–H and O–H groups in total. The van der Waals surface area contributed by atoms with Crippen molar-refractivity contribution in [1.82, 2.24) is 20.3 Å². The summed E-state index contributed by atoms with van der Waals surface area (Å²) in [6.45, 7) is 3.81. The molecule has 1 unspecified atom stereocenters. The van der Waals surface area contributed by atoms with Crippen molar-refractivity contribution in [1.29, 1.82) is 0 Å². The lowest BCUT2D eigenvalue weighted by Crippen LogP contribution is -2.23. The standard InChI is InChI=1S/C14H19BrN4O/c1-2-13(12-10-11(15)4-5-14(12)20)16-6-3-8-19-9-7-17-18-19/h4-5,7,9-10,13,16,20H,2-3,6,8H2,1H3. The van der Waals surface area contributed by atoms with Crippen molar-refractivity contribution in [2.75, 3.05) is 6.54 Å². The lowest BCUT2D eigenvalue weighted by Gasteiger charge is -2.19. The van der Waals surface area contributed by atoms with Gasteiger partial charge in [-0.25, -0.2) is 0 Å². The number of aryl methyl sites for hydroxylation is 1. The van der Waals surface area contributed by atoms with E-state index in [9.17, 15) is 5.11 Å². The second kappa shape index (κ2) is 7.40. The quantitative estimate of drug-likeness (QED) is 0.762. The molecule has 0 radical (unpaired) electrons. The molecule has 1 heterocycles. The Morgan fingerprint density at radius 3 is 3.00 bits per heavy atom. The lowest BCUT2D eigenvalue weighted by atomic mass is 10.0. The molecule has 0 amide bonds. The molecule has 2 rings (SSSR count). The normalized spacial score (nSPS) is 12.5. The van der Waals surface area contributed by atoms with Crippen molar-refractivity contribution in [3.63, 3.8) is 0 Å². The van der Waals surface area contributed by atoms with Crippen LogP contribution in [0.1, 0.15) is 31.4 Å². The fourth-order valence-electron chi connectivity index (χ4n) is 2.15. The van der Waals surface area contributed by atoms with Crippen LogP contribution in [0.25, 0.3) is 0 Å². The summed E-state index contributed by atoms with van der Waals surface area (Å²) >= 11 is 3.44. The van der Waals surface area contributed by atoms with E-state index in [0.29, 0.717) is 5.75 Å². The minimum atomic E-state index is 0.156. The number of rotatable bonds is 7. The molecule has 0 bridgehead atoms. The molecule has 0 saturated heterocycles. The first-order valence-corrected chi connectivity index (χ1v) is 7.56. The largest absolute Gasteiger partial charge is 0.508 e. The van der Waals surface area contributed by atoms with Crippen LogP contribution in [-0.4, -0.2) is 26.6 Å². The van der Waals surface area contributed by atoms with Gasteiger partial charge in [0.05, 0.1) is 6.20 Å². The van der Waals surface area contributed by atoms with Crippen LogP contribution in [0.3, 0.4) is 0 Å². The highest BCUT2D eigenvalue weighted by molar-refractivity contribution is 9.10. The summed E-state index contributed by atoms with van der Waals surface area (Å²) in [5.41, 5.74) is 0.933. The van der Waals surface area contributed by atoms with Gasteiger partial charge in [-0.1, -0.05) is 28.1 Å². The van der Waals surface area contributed by atoms with E-state index in [-0.39, 0.29) is 6.04 Å². The van der Waals surface area contributed by atoms with Crippen molar-refractivity contribution in [3.8, 4) is 5.75 Å². The molecule has 20 heavy (non-hydrogen) atoms. The summed E-state index contributed by atoms with van der Waals surface area (Å²) in [4.78, 5) is 0. The van der Waals surface area contributed by atoms with Crippen molar-refractivity contribution >= 4 is 15.9 Å². The predicted molar refractivity (Wildman–Crippen MR) is 81.5 cm³/mol. The maximum Gasteiger partial charge on any atom is 0.120 e. The van der Waals surface area contributed by atoms with Crippen molar-refractivity contribution < 1.29 is 5.11 Å². The molecule has 108 valence electrons. The van der Waals surface area contributed by atoms with E-state index in [4.69, 9.17) is 0 Å². The molecule has 0 fully saturated rings. The Morgan fingerprint density at radius 2 is 2.30 bits per heavy atom. The average molecular weight is 339 g/mol. The molecule has 0 spiro atoms. The van der Waals surface area contributed by atoms with E-state index >= 15 is 0 Å². The summed E-state index contributed by atoms with van der Waals surface area (Å²) in [6.07, 6.45) is 5.43. The Hall–Kier alpha value is -1.40. The molecule has 0 aliphatic heterocycles. The summed E-state index contributed by atoms with van der Waals surface area (Å²) in [6, 6.07) is 5.69. The van der Waals surface area contributed by atoms with E-state index in [0.717, 1.165) is 36.0 Å². The Balaban J connectivity index is 1.87. The third-order valence-corrected chi connectivity index (χ3v) is 3.69. The van der Waals surface area contributed by atoms with E-state index < -0.39 is 0 Å². The van der Waals surface area contributed by atoms with Crippen LogP contribution in [0.15, 0.2) is 35.1 Å².